The fourth-order valence-electron chi connectivity index (χ4n) is 2.11. The first kappa shape index (κ1) is 18.4. The maximum absolute atomic E-state index is 11.6. The minimum atomic E-state index is -0.668. The van der Waals surface area contributed by atoms with Crippen LogP contribution in [0.25, 0.3) is 0 Å². The minimum absolute atomic E-state index is 0.0449. The Morgan fingerprint density at radius 3 is 2.47 bits per heavy atom. The van der Waals surface area contributed by atoms with Crippen LogP contribution in [0.4, 0.5) is 0 Å². The van der Waals surface area contributed by atoms with E-state index < -0.39 is 5.54 Å². The number of hydrogen-bond acceptors (Lipinski definition) is 3. The number of primary amides is 1. The van der Waals surface area contributed by atoms with E-state index in [0.29, 0.717) is 6.42 Å². The second kappa shape index (κ2) is 10.2. The molecule has 4 heteroatoms. The Balaban J connectivity index is 4.02. The Bertz CT molecular complexity index is 246. The van der Waals surface area contributed by atoms with Gasteiger partial charge in [0.1, 0.15) is 0 Å². The van der Waals surface area contributed by atoms with E-state index in [2.05, 4.69) is 19.2 Å². The molecular formula is C15H32N2O2. The third-order valence-electron chi connectivity index (χ3n) is 3.40. The molecule has 0 aromatic rings. The summed E-state index contributed by atoms with van der Waals surface area (Å²) in [7, 11) is 0. The summed E-state index contributed by atoms with van der Waals surface area (Å²) >= 11 is 0. The molecule has 1 amide bonds. The van der Waals surface area contributed by atoms with Gasteiger partial charge in [0.15, 0.2) is 0 Å². The number of hydrogen-bond donors (Lipinski definition) is 2. The lowest BCUT2D eigenvalue weighted by Crippen LogP contribution is -2.55. The third kappa shape index (κ3) is 8.22. The Morgan fingerprint density at radius 2 is 1.95 bits per heavy atom. The van der Waals surface area contributed by atoms with Gasteiger partial charge in [0, 0.05) is 13.0 Å². The van der Waals surface area contributed by atoms with E-state index in [9.17, 15) is 4.79 Å². The maximum atomic E-state index is 11.6. The molecule has 0 bridgehead atoms. The zero-order valence-electron chi connectivity index (χ0n) is 13.1. The number of carbonyl (C=O) groups is 1. The lowest BCUT2D eigenvalue weighted by molar-refractivity contribution is -0.125. The van der Waals surface area contributed by atoms with E-state index in [1.807, 2.05) is 13.8 Å². The smallest absolute Gasteiger partial charge is 0.237 e. The predicted octanol–water partition coefficient (Wildman–Crippen LogP) is 2.61. The molecule has 0 radical (unpaired) electrons. The highest BCUT2D eigenvalue weighted by atomic mass is 16.5. The fraction of sp³-hybridized carbons (Fsp3) is 0.933. The molecule has 3 N–H and O–H groups in total. The summed E-state index contributed by atoms with van der Waals surface area (Å²) in [6.45, 7) is 9.70. The quantitative estimate of drug-likeness (QED) is 0.537. The zero-order valence-corrected chi connectivity index (χ0v) is 13.1. The number of amides is 1. The number of carbonyl (C=O) groups excluding carboxylic acids is 1. The van der Waals surface area contributed by atoms with Crippen molar-refractivity contribution in [1.82, 2.24) is 5.32 Å². The minimum Gasteiger partial charge on any atom is -0.378 e. The van der Waals surface area contributed by atoms with Gasteiger partial charge in [-0.05, 0) is 33.2 Å². The first-order chi connectivity index (χ1) is 8.96. The maximum Gasteiger partial charge on any atom is 0.237 e. The van der Waals surface area contributed by atoms with Gasteiger partial charge in [0.05, 0.1) is 11.6 Å². The molecule has 0 rings (SSSR count). The number of ether oxygens (including phenoxy) is 1. The standard InChI is InChI=1S/C15H32N2O2/c1-5-7-8-9-11-19-13(3)12-15(4,14(16)18)17-10-6-2/h13,17H,5-12H2,1-4H3,(H2,16,18). The molecule has 4 nitrogen and oxygen atoms in total. The summed E-state index contributed by atoms with van der Waals surface area (Å²) in [4.78, 5) is 11.6. The van der Waals surface area contributed by atoms with Gasteiger partial charge >= 0.3 is 0 Å². The van der Waals surface area contributed by atoms with Gasteiger partial charge in [-0.2, -0.15) is 0 Å². The summed E-state index contributed by atoms with van der Waals surface area (Å²) in [5.74, 6) is -0.303. The Kier molecular flexibility index (Phi) is 9.88. The fourth-order valence-corrected chi connectivity index (χ4v) is 2.11. The van der Waals surface area contributed by atoms with Crippen molar-refractivity contribution in [2.45, 2.75) is 77.9 Å². The van der Waals surface area contributed by atoms with E-state index in [4.69, 9.17) is 10.5 Å². The molecule has 0 aliphatic carbocycles. The first-order valence-corrected chi connectivity index (χ1v) is 7.62. The van der Waals surface area contributed by atoms with Crippen molar-refractivity contribution in [3.63, 3.8) is 0 Å². The van der Waals surface area contributed by atoms with Crippen LogP contribution in [0.3, 0.4) is 0 Å². The van der Waals surface area contributed by atoms with Crippen molar-refractivity contribution >= 4 is 5.91 Å². The Hall–Kier alpha value is -0.610. The van der Waals surface area contributed by atoms with Crippen LogP contribution in [0.2, 0.25) is 0 Å². The van der Waals surface area contributed by atoms with Gasteiger partial charge in [0.2, 0.25) is 5.91 Å². The summed E-state index contributed by atoms with van der Waals surface area (Å²) < 4.78 is 5.77. The molecule has 0 fully saturated rings. The average Bonchev–Trinajstić information content (AvgIpc) is 2.36. The summed E-state index contributed by atoms with van der Waals surface area (Å²) in [5.41, 5.74) is 4.83. The predicted molar refractivity (Wildman–Crippen MR) is 80.1 cm³/mol. The molecule has 19 heavy (non-hydrogen) atoms. The molecule has 0 heterocycles. The summed E-state index contributed by atoms with van der Waals surface area (Å²) in [5, 5.41) is 3.23. The third-order valence-corrected chi connectivity index (χ3v) is 3.40. The molecule has 0 aromatic heterocycles. The highest BCUT2D eigenvalue weighted by molar-refractivity contribution is 5.84. The molecule has 2 unspecified atom stereocenters. The van der Waals surface area contributed by atoms with Crippen LogP contribution in [-0.4, -0.2) is 30.7 Å². The van der Waals surface area contributed by atoms with Crippen LogP contribution >= 0.6 is 0 Å². The average molecular weight is 272 g/mol. The van der Waals surface area contributed by atoms with Crippen molar-refractivity contribution in [3.05, 3.63) is 0 Å². The largest absolute Gasteiger partial charge is 0.378 e. The SMILES string of the molecule is CCCCCCOC(C)CC(C)(NCCC)C(N)=O. The Morgan fingerprint density at radius 1 is 1.26 bits per heavy atom. The molecule has 0 aliphatic heterocycles. The van der Waals surface area contributed by atoms with Crippen molar-refractivity contribution in [1.29, 1.82) is 0 Å². The van der Waals surface area contributed by atoms with Gasteiger partial charge in [-0.25, -0.2) is 0 Å². The Labute approximate surface area is 118 Å². The van der Waals surface area contributed by atoms with E-state index in [1.54, 1.807) is 0 Å². The van der Waals surface area contributed by atoms with Crippen LogP contribution in [0.5, 0.6) is 0 Å². The van der Waals surface area contributed by atoms with Crippen LogP contribution in [0, 0.1) is 0 Å². The molecule has 114 valence electrons. The molecule has 0 spiro atoms. The number of unbranched alkanes of at least 4 members (excludes halogenated alkanes) is 3. The summed E-state index contributed by atoms with van der Waals surface area (Å²) in [6.07, 6.45) is 6.44. The second-order valence-electron chi connectivity index (χ2n) is 5.57. The van der Waals surface area contributed by atoms with Crippen LogP contribution < -0.4 is 11.1 Å². The number of nitrogens with one attached hydrogen (secondary N) is 1. The first-order valence-electron chi connectivity index (χ1n) is 7.62. The van der Waals surface area contributed by atoms with Crippen molar-refractivity contribution in [2.75, 3.05) is 13.2 Å². The van der Waals surface area contributed by atoms with E-state index in [0.717, 1.165) is 26.0 Å². The van der Waals surface area contributed by atoms with Gasteiger partial charge in [-0.3, -0.25) is 4.79 Å². The molecule has 0 saturated heterocycles. The monoisotopic (exact) mass is 272 g/mol. The molecule has 0 saturated carbocycles. The van der Waals surface area contributed by atoms with Crippen molar-refractivity contribution < 1.29 is 9.53 Å². The lowest BCUT2D eigenvalue weighted by atomic mass is 9.93. The highest BCUT2D eigenvalue weighted by Crippen LogP contribution is 2.15. The van der Waals surface area contributed by atoms with Crippen molar-refractivity contribution in [3.8, 4) is 0 Å². The van der Waals surface area contributed by atoms with Gasteiger partial charge in [-0.15, -0.1) is 0 Å². The van der Waals surface area contributed by atoms with Gasteiger partial charge in [-0.1, -0.05) is 33.1 Å². The summed E-state index contributed by atoms with van der Waals surface area (Å²) in [6, 6.07) is 0. The molecular weight excluding hydrogens is 240 g/mol. The van der Waals surface area contributed by atoms with Gasteiger partial charge in [0.25, 0.3) is 0 Å². The van der Waals surface area contributed by atoms with Crippen LogP contribution in [-0.2, 0) is 9.53 Å². The highest BCUT2D eigenvalue weighted by Gasteiger charge is 2.32. The van der Waals surface area contributed by atoms with E-state index in [1.165, 1.54) is 19.3 Å². The molecule has 0 aromatic carbocycles. The topological polar surface area (TPSA) is 64.3 Å². The van der Waals surface area contributed by atoms with E-state index in [-0.39, 0.29) is 12.0 Å². The second-order valence-corrected chi connectivity index (χ2v) is 5.57. The zero-order chi connectivity index (χ0) is 14.7. The van der Waals surface area contributed by atoms with Crippen molar-refractivity contribution in [2.24, 2.45) is 5.73 Å². The number of nitrogens with two attached hydrogens (primary N) is 1. The lowest BCUT2D eigenvalue weighted by Gasteiger charge is -2.30. The van der Waals surface area contributed by atoms with Gasteiger partial charge < -0.3 is 15.8 Å². The van der Waals surface area contributed by atoms with Crippen LogP contribution in [0.1, 0.15) is 66.2 Å². The molecule has 0 aliphatic rings. The molecule has 2 atom stereocenters. The van der Waals surface area contributed by atoms with E-state index >= 15 is 0 Å². The normalized spacial score (nSPS) is 16.0. The van der Waals surface area contributed by atoms with Crippen LogP contribution in [0.15, 0.2) is 0 Å². The number of rotatable bonds is 12.